The highest BCUT2D eigenvalue weighted by Gasteiger charge is 2.33. The molecule has 7 nitrogen and oxygen atoms in total. The standard InChI is InChI=1S/C22H27Cl3N6O/c1-13-12-30(21(32)19-4-3-7-26-19)8-9-31(13)22-27-11-18(25)20(29-22)28-14(2)16-6-5-15(23)10-17(16)24/h5-6,10-11,13-14,19,26H,3-4,7-9,12H2,1-2H3,(H,27,28,29)/t13-,14-,19-/m1/s1. The van der Waals surface area contributed by atoms with E-state index in [0.29, 0.717) is 46.5 Å². The fourth-order valence-corrected chi connectivity index (χ4v) is 5.02. The second-order valence-electron chi connectivity index (χ2n) is 8.37. The Hall–Kier alpha value is -1.80. The van der Waals surface area contributed by atoms with Gasteiger partial charge in [0.05, 0.1) is 18.3 Å². The lowest BCUT2D eigenvalue weighted by Crippen LogP contribution is -2.57. The Bertz CT molecular complexity index is 984. The van der Waals surface area contributed by atoms with Crippen molar-refractivity contribution in [2.24, 2.45) is 0 Å². The molecule has 0 saturated carbocycles. The molecular formula is C22H27Cl3N6O. The van der Waals surface area contributed by atoms with Crippen LogP contribution in [0.1, 0.15) is 38.3 Å². The summed E-state index contributed by atoms with van der Waals surface area (Å²) >= 11 is 18.8. The van der Waals surface area contributed by atoms with Gasteiger partial charge in [0, 0.05) is 35.7 Å². The van der Waals surface area contributed by atoms with E-state index < -0.39 is 0 Å². The SMILES string of the molecule is C[C@@H]1CN(C(=O)[C@H]2CCCN2)CCN1c1ncc(Cl)c(N[C@H](C)c2ccc(Cl)cc2Cl)n1. The number of carbonyl (C=O) groups is 1. The number of hydrogen-bond donors (Lipinski definition) is 2. The molecule has 2 fully saturated rings. The van der Waals surface area contributed by atoms with Gasteiger partial charge in [-0.25, -0.2) is 4.98 Å². The minimum absolute atomic E-state index is 0.0440. The summed E-state index contributed by atoms with van der Waals surface area (Å²) in [4.78, 5) is 26.0. The first-order valence-electron chi connectivity index (χ1n) is 10.9. The van der Waals surface area contributed by atoms with Crippen LogP contribution in [0.4, 0.5) is 11.8 Å². The largest absolute Gasteiger partial charge is 0.362 e. The van der Waals surface area contributed by atoms with Crippen molar-refractivity contribution in [1.29, 1.82) is 0 Å². The van der Waals surface area contributed by atoms with Gasteiger partial charge in [0.25, 0.3) is 0 Å². The molecule has 1 aromatic carbocycles. The molecule has 0 aliphatic carbocycles. The van der Waals surface area contributed by atoms with Crippen LogP contribution < -0.4 is 15.5 Å². The van der Waals surface area contributed by atoms with Crippen molar-refractivity contribution in [3.05, 3.63) is 45.0 Å². The van der Waals surface area contributed by atoms with Gasteiger partial charge in [-0.05, 0) is 50.9 Å². The Morgan fingerprint density at radius 3 is 2.75 bits per heavy atom. The average Bonchev–Trinajstić information content (AvgIpc) is 3.29. The fraction of sp³-hybridized carbons (Fsp3) is 0.500. The molecule has 0 unspecified atom stereocenters. The molecule has 2 aliphatic heterocycles. The van der Waals surface area contributed by atoms with Crippen molar-refractivity contribution in [3.63, 3.8) is 0 Å². The molecule has 0 spiro atoms. The van der Waals surface area contributed by atoms with Gasteiger partial charge in [0.15, 0.2) is 5.82 Å². The van der Waals surface area contributed by atoms with Crippen molar-refractivity contribution in [3.8, 4) is 0 Å². The molecule has 10 heteroatoms. The molecule has 32 heavy (non-hydrogen) atoms. The van der Waals surface area contributed by atoms with Crippen molar-refractivity contribution in [1.82, 2.24) is 20.2 Å². The molecule has 1 amide bonds. The third-order valence-electron chi connectivity index (χ3n) is 6.07. The minimum atomic E-state index is -0.133. The summed E-state index contributed by atoms with van der Waals surface area (Å²) in [6.07, 6.45) is 3.58. The number of halogens is 3. The zero-order valence-corrected chi connectivity index (χ0v) is 20.4. The first kappa shape index (κ1) is 23.4. The molecule has 4 rings (SSSR count). The quantitative estimate of drug-likeness (QED) is 0.638. The Kier molecular flexibility index (Phi) is 7.30. The maximum absolute atomic E-state index is 12.8. The van der Waals surface area contributed by atoms with Gasteiger partial charge < -0.3 is 20.4 Å². The Labute approximate surface area is 203 Å². The molecule has 0 radical (unpaired) electrons. The van der Waals surface area contributed by atoms with Crippen molar-refractivity contribution in [2.75, 3.05) is 36.4 Å². The highest BCUT2D eigenvalue weighted by atomic mass is 35.5. The first-order valence-corrected chi connectivity index (χ1v) is 12.0. The molecular weight excluding hydrogens is 471 g/mol. The van der Waals surface area contributed by atoms with E-state index in [-0.39, 0.29) is 24.0 Å². The number of aromatic nitrogens is 2. The molecule has 172 valence electrons. The van der Waals surface area contributed by atoms with E-state index in [9.17, 15) is 4.79 Å². The van der Waals surface area contributed by atoms with Crippen molar-refractivity contribution in [2.45, 2.75) is 44.8 Å². The summed E-state index contributed by atoms with van der Waals surface area (Å²) in [5, 5.41) is 8.22. The van der Waals surface area contributed by atoms with E-state index in [1.54, 1.807) is 18.3 Å². The summed E-state index contributed by atoms with van der Waals surface area (Å²) in [6.45, 7) is 6.94. The summed E-state index contributed by atoms with van der Waals surface area (Å²) in [6, 6.07) is 5.31. The van der Waals surface area contributed by atoms with Crippen LogP contribution in [0, 0.1) is 0 Å². The zero-order valence-electron chi connectivity index (χ0n) is 18.1. The topological polar surface area (TPSA) is 73.4 Å². The van der Waals surface area contributed by atoms with Crippen LogP contribution in [0.15, 0.2) is 24.4 Å². The Morgan fingerprint density at radius 2 is 2.06 bits per heavy atom. The molecule has 0 bridgehead atoms. The van der Waals surface area contributed by atoms with Crippen molar-refractivity contribution < 1.29 is 4.79 Å². The van der Waals surface area contributed by atoms with Gasteiger partial charge in [0.2, 0.25) is 11.9 Å². The molecule has 2 saturated heterocycles. The van der Waals surface area contributed by atoms with E-state index in [1.807, 2.05) is 17.9 Å². The van der Waals surface area contributed by atoms with Gasteiger partial charge in [-0.15, -0.1) is 0 Å². The number of hydrogen-bond acceptors (Lipinski definition) is 6. The summed E-state index contributed by atoms with van der Waals surface area (Å²) in [5.41, 5.74) is 0.897. The lowest BCUT2D eigenvalue weighted by atomic mass is 10.1. The molecule has 2 aliphatic rings. The van der Waals surface area contributed by atoms with Crippen LogP contribution in [0.3, 0.4) is 0 Å². The highest BCUT2D eigenvalue weighted by Crippen LogP contribution is 2.31. The lowest BCUT2D eigenvalue weighted by molar-refractivity contribution is -0.133. The number of benzene rings is 1. The normalized spacial score (nSPS) is 22.2. The number of nitrogens with one attached hydrogen (secondary N) is 2. The van der Waals surface area contributed by atoms with Gasteiger partial charge >= 0.3 is 0 Å². The third-order valence-corrected chi connectivity index (χ3v) is 6.91. The van der Waals surface area contributed by atoms with Crippen molar-refractivity contribution >= 4 is 52.5 Å². The lowest BCUT2D eigenvalue weighted by Gasteiger charge is -2.40. The van der Waals surface area contributed by atoms with E-state index in [0.717, 1.165) is 24.9 Å². The maximum atomic E-state index is 12.8. The van der Waals surface area contributed by atoms with Crippen LogP contribution in [0.25, 0.3) is 0 Å². The second-order valence-corrected chi connectivity index (χ2v) is 9.62. The zero-order chi connectivity index (χ0) is 22.8. The number of piperazine rings is 1. The number of amides is 1. The Morgan fingerprint density at radius 1 is 1.25 bits per heavy atom. The van der Waals surface area contributed by atoms with E-state index in [2.05, 4.69) is 27.4 Å². The summed E-state index contributed by atoms with van der Waals surface area (Å²) in [5.74, 6) is 1.32. The highest BCUT2D eigenvalue weighted by molar-refractivity contribution is 6.35. The number of carbonyl (C=O) groups excluding carboxylic acids is 1. The average molecular weight is 498 g/mol. The molecule has 3 heterocycles. The van der Waals surface area contributed by atoms with Gasteiger partial charge in [-0.3, -0.25) is 4.79 Å². The van der Waals surface area contributed by atoms with Crippen LogP contribution in [-0.2, 0) is 4.79 Å². The Balaban J connectivity index is 1.46. The first-order chi connectivity index (χ1) is 15.3. The van der Waals surface area contributed by atoms with Crippen LogP contribution >= 0.6 is 34.8 Å². The number of rotatable bonds is 5. The summed E-state index contributed by atoms with van der Waals surface area (Å²) < 4.78 is 0. The van der Waals surface area contributed by atoms with Gasteiger partial charge in [-0.1, -0.05) is 40.9 Å². The molecule has 3 atom stereocenters. The van der Waals surface area contributed by atoms with E-state index in [4.69, 9.17) is 39.8 Å². The van der Waals surface area contributed by atoms with Gasteiger partial charge in [-0.2, -0.15) is 4.98 Å². The van der Waals surface area contributed by atoms with Crippen LogP contribution in [-0.4, -0.2) is 59.0 Å². The molecule has 2 aromatic rings. The maximum Gasteiger partial charge on any atom is 0.239 e. The van der Waals surface area contributed by atoms with Crippen LogP contribution in [0.5, 0.6) is 0 Å². The fourth-order valence-electron chi connectivity index (χ4n) is 4.30. The number of anilines is 2. The molecule has 1 aromatic heterocycles. The van der Waals surface area contributed by atoms with Gasteiger partial charge in [0.1, 0.15) is 5.02 Å². The summed E-state index contributed by atoms with van der Waals surface area (Å²) in [7, 11) is 0. The molecule has 2 N–H and O–H groups in total. The predicted molar refractivity (Wildman–Crippen MR) is 130 cm³/mol. The number of nitrogens with zero attached hydrogens (tertiary/aromatic N) is 4. The third kappa shape index (κ3) is 5.06. The smallest absolute Gasteiger partial charge is 0.239 e. The van der Waals surface area contributed by atoms with E-state index >= 15 is 0 Å². The minimum Gasteiger partial charge on any atom is -0.362 e. The second kappa shape index (κ2) is 10.00. The van der Waals surface area contributed by atoms with E-state index in [1.165, 1.54) is 0 Å². The van der Waals surface area contributed by atoms with Crippen LogP contribution in [0.2, 0.25) is 15.1 Å². The monoisotopic (exact) mass is 496 g/mol. The predicted octanol–water partition coefficient (Wildman–Crippen LogP) is 4.40.